The van der Waals surface area contributed by atoms with Crippen LogP contribution in [-0.4, -0.2) is 40.4 Å². The summed E-state index contributed by atoms with van der Waals surface area (Å²) >= 11 is 0. The molecule has 6 heteroatoms. The second-order valence-corrected chi connectivity index (χ2v) is 5.80. The molecule has 0 spiro atoms. The number of nitrogens with zero attached hydrogens (tertiary/aromatic N) is 1. The Labute approximate surface area is 135 Å². The molecule has 2 rings (SSSR count). The van der Waals surface area contributed by atoms with Crippen molar-refractivity contribution in [3.8, 4) is 0 Å². The number of carbonyl (C=O) groups excluding carboxylic acids is 2. The lowest BCUT2D eigenvalue weighted by atomic mass is 9.99. The minimum atomic E-state index is -0.964. The maximum Gasteiger partial charge on any atom is 0.326 e. The Balaban J connectivity index is 2.13. The molecular weight excluding hydrogens is 296 g/mol. The average Bonchev–Trinajstić information content (AvgIpc) is 2.54. The molecule has 23 heavy (non-hydrogen) atoms. The van der Waals surface area contributed by atoms with Gasteiger partial charge in [-0.3, -0.25) is 9.59 Å². The lowest BCUT2D eigenvalue weighted by molar-refractivity contribution is -0.152. The molecular formula is C17H22N2O4. The van der Waals surface area contributed by atoms with Crippen molar-refractivity contribution in [2.75, 3.05) is 6.54 Å². The first-order valence-electron chi connectivity index (χ1n) is 7.83. The van der Waals surface area contributed by atoms with Crippen LogP contribution in [0.4, 0.5) is 0 Å². The number of likely N-dealkylation sites (tertiary alicyclic amines) is 1. The molecule has 1 saturated heterocycles. The van der Waals surface area contributed by atoms with Crippen LogP contribution in [-0.2, 0) is 14.4 Å². The second kappa shape index (κ2) is 7.76. The Bertz CT molecular complexity index is 573. The van der Waals surface area contributed by atoms with Crippen LogP contribution in [0.25, 0.3) is 0 Å². The molecule has 0 radical (unpaired) electrons. The molecule has 1 fully saturated rings. The number of rotatable bonds is 5. The fraction of sp³-hybridized carbons (Fsp3) is 0.471. The van der Waals surface area contributed by atoms with E-state index in [1.54, 1.807) is 0 Å². The van der Waals surface area contributed by atoms with Gasteiger partial charge in [0.1, 0.15) is 6.04 Å². The molecule has 124 valence electrons. The van der Waals surface area contributed by atoms with Crippen LogP contribution in [0.15, 0.2) is 30.3 Å². The normalized spacial score (nSPS) is 19.0. The third-order valence-electron chi connectivity index (χ3n) is 4.07. The second-order valence-electron chi connectivity index (χ2n) is 5.80. The van der Waals surface area contributed by atoms with Crippen molar-refractivity contribution < 1.29 is 19.5 Å². The number of carbonyl (C=O) groups is 3. The largest absolute Gasteiger partial charge is 0.480 e. The maximum absolute atomic E-state index is 12.6. The molecule has 1 aromatic carbocycles. The predicted molar refractivity (Wildman–Crippen MR) is 84.6 cm³/mol. The molecule has 0 saturated carbocycles. The lowest BCUT2D eigenvalue weighted by Crippen LogP contribution is -2.48. The van der Waals surface area contributed by atoms with Crippen LogP contribution in [0.1, 0.15) is 44.2 Å². The van der Waals surface area contributed by atoms with Gasteiger partial charge in [0.15, 0.2) is 0 Å². The molecule has 1 heterocycles. The SMILES string of the molecule is CC(=O)N[C@@H](CC(=O)N1CCCC[C@@H]1C(=O)O)c1ccccc1. The van der Waals surface area contributed by atoms with Gasteiger partial charge >= 0.3 is 5.97 Å². The van der Waals surface area contributed by atoms with Gasteiger partial charge in [0.2, 0.25) is 11.8 Å². The van der Waals surface area contributed by atoms with E-state index >= 15 is 0 Å². The van der Waals surface area contributed by atoms with Crippen molar-refractivity contribution in [3.63, 3.8) is 0 Å². The van der Waals surface area contributed by atoms with Crippen LogP contribution < -0.4 is 5.32 Å². The van der Waals surface area contributed by atoms with Gasteiger partial charge in [0.05, 0.1) is 12.5 Å². The highest BCUT2D eigenvalue weighted by atomic mass is 16.4. The molecule has 0 bridgehead atoms. The highest BCUT2D eigenvalue weighted by molar-refractivity contribution is 5.85. The standard InChI is InChI=1S/C17H22N2O4/c1-12(20)18-14(13-7-3-2-4-8-13)11-16(21)19-10-6-5-9-15(19)17(22)23/h2-4,7-8,14-15H,5-6,9-11H2,1H3,(H,18,20)(H,22,23)/t14-,15+/m0/s1. The van der Waals surface area contributed by atoms with Crippen molar-refractivity contribution in [3.05, 3.63) is 35.9 Å². The van der Waals surface area contributed by atoms with Gasteiger partial charge in [-0.1, -0.05) is 30.3 Å². The van der Waals surface area contributed by atoms with E-state index in [0.29, 0.717) is 13.0 Å². The smallest absolute Gasteiger partial charge is 0.326 e. The number of hydrogen-bond acceptors (Lipinski definition) is 3. The summed E-state index contributed by atoms with van der Waals surface area (Å²) in [5.74, 6) is -1.42. The van der Waals surface area contributed by atoms with Crippen LogP contribution in [0.5, 0.6) is 0 Å². The van der Waals surface area contributed by atoms with Gasteiger partial charge in [0.25, 0.3) is 0 Å². The first kappa shape index (κ1) is 17.0. The van der Waals surface area contributed by atoms with E-state index in [0.717, 1.165) is 18.4 Å². The van der Waals surface area contributed by atoms with E-state index in [-0.39, 0.29) is 18.2 Å². The summed E-state index contributed by atoms with van der Waals surface area (Å²) in [5.41, 5.74) is 0.833. The number of hydrogen-bond donors (Lipinski definition) is 2. The van der Waals surface area contributed by atoms with E-state index in [4.69, 9.17) is 0 Å². The lowest BCUT2D eigenvalue weighted by Gasteiger charge is -2.34. The Kier molecular flexibility index (Phi) is 5.73. The van der Waals surface area contributed by atoms with E-state index < -0.39 is 18.1 Å². The summed E-state index contributed by atoms with van der Waals surface area (Å²) in [6.45, 7) is 1.86. The summed E-state index contributed by atoms with van der Waals surface area (Å²) in [6, 6.07) is 8.03. The van der Waals surface area contributed by atoms with Gasteiger partial charge in [-0.2, -0.15) is 0 Å². The molecule has 1 aliphatic heterocycles. The highest BCUT2D eigenvalue weighted by Crippen LogP contribution is 2.22. The maximum atomic E-state index is 12.6. The molecule has 2 atom stereocenters. The van der Waals surface area contributed by atoms with Gasteiger partial charge in [0, 0.05) is 13.5 Å². The van der Waals surface area contributed by atoms with Crippen LogP contribution >= 0.6 is 0 Å². The number of amides is 2. The molecule has 0 aliphatic carbocycles. The predicted octanol–water partition coefficient (Wildman–Crippen LogP) is 1.72. The summed E-state index contributed by atoms with van der Waals surface area (Å²) in [6.07, 6.45) is 2.17. The van der Waals surface area contributed by atoms with Crippen LogP contribution in [0.2, 0.25) is 0 Å². The minimum Gasteiger partial charge on any atom is -0.480 e. The Morgan fingerprint density at radius 2 is 1.96 bits per heavy atom. The van der Waals surface area contributed by atoms with Crippen molar-refractivity contribution >= 4 is 17.8 Å². The first-order valence-corrected chi connectivity index (χ1v) is 7.83. The monoisotopic (exact) mass is 318 g/mol. The number of carboxylic acids is 1. The average molecular weight is 318 g/mol. The number of carboxylic acid groups (broad SMARTS) is 1. The number of aliphatic carboxylic acids is 1. The van der Waals surface area contributed by atoms with E-state index in [1.807, 2.05) is 30.3 Å². The third kappa shape index (κ3) is 4.55. The van der Waals surface area contributed by atoms with Crippen LogP contribution in [0, 0.1) is 0 Å². The summed E-state index contributed by atoms with van der Waals surface area (Å²) < 4.78 is 0. The fourth-order valence-electron chi connectivity index (χ4n) is 2.96. The topological polar surface area (TPSA) is 86.7 Å². The third-order valence-corrected chi connectivity index (χ3v) is 4.07. The molecule has 1 aromatic rings. The molecule has 6 nitrogen and oxygen atoms in total. The van der Waals surface area contributed by atoms with Gasteiger partial charge < -0.3 is 15.3 Å². The molecule has 2 amide bonds. The molecule has 0 unspecified atom stereocenters. The van der Waals surface area contributed by atoms with E-state index in [2.05, 4.69) is 5.32 Å². The number of nitrogens with one attached hydrogen (secondary N) is 1. The zero-order valence-electron chi connectivity index (χ0n) is 13.2. The fourth-order valence-corrected chi connectivity index (χ4v) is 2.96. The summed E-state index contributed by atoms with van der Waals surface area (Å²) in [5, 5.41) is 12.1. The highest BCUT2D eigenvalue weighted by Gasteiger charge is 2.33. The van der Waals surface area contributed by atoms with Gasteiger partial charge in [-0.25, -0.2) is 4.79 Å². The van der Waals surface area contributed by atoms with Crippen molar-refractivity contribution in [1.29, 1.82) is 0 Å². The Hall–Kier alpha value is -2.37. The zero-order chi connectivity index (χ0) is 16.8. The zero-order valence-corrected chi connectivity index (χ0v) is 13.2. The van der Waals surface area contributed by atoms with Crippen molar-refractivity contribution in [2.24, 2.45) is 0 Å². The van der Waals surface area contributed by atoms with Crippen LogP contribution in [0.3, 0.4) is 0 Å². The Morgan fingerprint density at radius 3 is 2.57 bits per heavy atom. The van der Waals surface area contributed by atoms with Gasteiger partial charge in [-0.15, -0.1) is 0 Å². The van der Waals surface area contributed by atoms with Gasteiger partial charge in [-0.05, 0) is 24.8 Å². The van der Waals surface area contributed by atoms with E-state index in [1.165, 1.54) is 11.8 Å². The van der Waals surface area contributed by atoms with Crippen molar-refractivity contribution in [2.45, 2.75) is 44.7 Å². The summed E-state index contributed by atoms with van der Waals surface area (Å²) in [4.78, 5) is 36.8. The van der Waals surface area contributed by atoms with Crippen molar-refractivity contribution in [1.82, 2.24) is 10.2 Å². The molecule has 0 aromatic heterocycles. The Morgan fingerprint density at radius 1 is 1.26 bits per heavy atom. The van der Waals surface area contributed by atoms with E-state index in [9.17, 15) is 19.5 Å². The quantitative estimate of drug-likeness (QED) is 0.865. The first-order chi connectivity index (χ1) is 11.0. The minimum absolute atomic E-state index is 0.0629. The summed E-state index contributed by atoms with van der Waals surface area (Å²) in [7, 11) is 0. The number of benzene rings is 1. The molecule has 2 N–H and O–H groups in total. The number of piperidine rings is 1. The molecule has 1 aliphatic rings.